The van der Waals surface area contributed by atoms with Crippen molar-refractivity contribution in [3.8, 4) is 23.0 Å². The van der Waals surface area contributed by atoms with Gasteiger partial charge in [0.2, 0.25) is 0 Å². The van der Waals surface area contributed by atoms with Gasteiger partial charge in [-0.3, -0.25) is 0 Å². The topological polar surface area (TPSA) is 195 Å². The molecule has 16 nitrogen and oxygen atoms in total. The van der Waals surface area contributed by atoms with E-state index in [1.54, 1.807) is 13.8 Å². The Morgan fingerprint density at radius 1 is 0.330 bits per heavy atom. The third-order valence-electron chi connectivity index (χ3n) is 16.1. The molecule has 512 valence electrons. The second-order valence-corrected chi connectivity index (χ2v) is 24.2. The molecule has 4 aromatic carbocycles. The monoisotopic (exact) mass is 1300 g/mol. The van der Waals surface area contributed by atoms with Crippen LogP contribution in [0.4, 0.5) is 0 Å². The SMILES string of the molecule is C=C(C)C(=O)OCCOc1c2cc(CCCCCC)cc1Cc1cc(CCCCCC)cc(c1OCCOC(=O)C(=C)C)Cc1cc(CCCCCC)cc(c1OCCOC(=O)/C=C/C(=O)OC)Cc1cc(CCCCCC)cc(c1OCCOC(=O)/C=C/C(=O)OC)C2. The van der Waals surface area contributed by atoms with Gasteiger partial charge in [0, 0.05) is 61.1 Å². The van der Waals surface area contributed by atoms with Gasteiger partial charge < -0.3 is 47.4 Å². The molecule has 8 bridgehead atoms. The Hall–Kier alpha value is -8.14. The molecule has 0 radical (unpaired) electrons. The average molecular weight is 1300 g/mol. The Labute approximate surface area is 559 Å². The normalized spacial score (nSPS) is 11.8. The molecule has 0 atom stereocenters. The van der Waals surface area contributed by atoms with E-state index in [-0.39, 0.29) is 64.0 Å². The van der Waals surface area contributed by atoms with E-state index in [0.29, 0.717) is 48.7 Å². The lowest BCUT2D eigenvalue weighted by Crippen LogP contribution is -2.16. The lowest BCUT2D eigenvalue weighted by molar-refractivity contribution is -0.140. The van der Waals surface area contributed by atoms with Gasteiger partial charge in [-0.25, -0.2) is 28.8 Å². The summed E-state index contributed by atoms with van der Waals surface area (Å²) >= 11 is 0. The van der Waals surface area contributed by atoms with E-state index in [2.05, 4.69) is 89.4 Å². The van der Waals surface area contributed by atoms with Crippen LogP contribution in [0.5, 0.6) is 23.0 Å². The third kappa shape index (κ3) is 27.1. The van der Waals surface area contributed by atoms with Crippen molar-refractivity contribution in [2.75, 3.05) is 67.1 Å². The molecular formula is C78H104O16. The molecule has 0 spiro atoms. The number of unbranched alkanes of at least 4 members (excludes halogenated alkanes) is 12. The summed E-state index contributed by atoms with van der Waals surface area (Å²) in [5.74, 6) is -1.44. The molecule has 0 saturated carbocycles. The summed E-state index contributed by atoms with van der Waals surface area (Å²) in [7, 11) is 2.45. The second kappa shape index (κ2) is 43.0. The van der Waals surface area contributed by atoms with E-state index in [9.17, 15) is 28.8 Å². The molecule has 4 aromatic rings. The highest BCUT2D eigenvalue weighted by Crippen LogP contribution is 2.42. The smallest absolute Gasteiger partial charge is 0.333 e. The van der Waals surface area contributed by atoms with Crippen molar-refractivity contribution in [2.24, 2.45) is 0 Å². The summed E-state index contributed by atoms with van der Waals surface area (Å²) in [6.07, 6.45) is 25.3. The Morgan fingerprint density at radius 2 is 0.553 bits per heavy atom. The highest BCUT2D eigenvalue weighted by Gasteiger charge is 2.26. The summed E-state index contributed by atoms with van der Waals surface area (Å²) in [6.45, 7) is 19.3. The number of methoxy groups -OCH3 is 2. The number of carbonyl (C=O) groups excluding carboxylic acids is 6. The summed E-state index contributed by atoms with van der Waals surface area (Å²) in [5, 5.41) is 0. The zero-order valence-electron chi connectivity index (χ0n) is 57.5. The number of fused-ring (bicyclic) bond motifs is 8. The Morgan fingerprint density at radius 3 is 0.766 bits per heavy atom. The molecule has 0 aromatic heterocycles. The van der Waals surface area contributed by atoms with Gasteiger partial charge in [-0.05, 0) is 132 Å². The van der Waals surface area contributed by atoms with Gasteiger partial charge in [-0.2, -0.15) is 0 Å². The quantitative estimate of drug-likeness (QED) is 0.0155. The number of hydrogen-bond donors (Lipinski definition) is 0. The van der Waals surface area contributed by atoms with E-state index in [1.807, 2.05) is 0 Å². The van der Waals surface area contributed by atoms with Crippen LogP contribution in [0.15, 0.2) is 97.1 Å². The lowest BCUT2D eigenvalue weighted by atomic mass is 9.87. The summed E-state index contributed by atoms with van der Waals surface area (Å²) in [6, 6.07) is 17.8. The highest BCUT2D eigenvalue weighted by atomic mass is 16.6. The van der Waals surface area contributed by atoms with Crippen LogP contribution >= 0.6 is 0 Å². The van der Waals surface area contributed by atoms with Crippen LogP contribution in [0.1, 0.15) is 211 Å². The predicted octanol–water partition coefficient (Wildman–Crippen LogP) is 15.2. The first-order valence-corrected chi connectivity index (χ1v) is 34.1. The van der Waals surface area contributed by atoms with Gasteiger partial charge in [-0.1, -0.05) is 166 Å². The Balaban J connectivity index is 1.93. The van der Waals surface area contributed by atoms with Crippen LogP contribution in [0, 0.1) is 0 Å². The minimum Gasteiger partial charge on any atom is -0.489 e. The molecule has 0 aliphatic heterocycles. The van der Waals surface area contributed by atoms with E-state index in [4.69, 9.17) is 47.4 Å². The standard InChI is InChI=1S/C78H104O16/c1-11-15-19-23-27-57-43-61-51-62-44-58(28-24-20-16-12-2)46-64(74(62)90-38-36-88-72(82)34-32-70(80)86-10)53-66-48-60(30-26-22-18-14-4)50-68(76(66)92-40-42-94-78(84)56(7)8)54-67-49-59(29-25-21-17-13-3)47-65(75(67)91-39-41-93-77(83)55(5)6)52-63(45-57)73(61)89-37-35-87-71(81)33-31-69(79)85-9/h31-34,43-50H,5,7,11-30,35-42,51-54H2,1-4,6,8-10H3/b33-31+,34-32+. The number of esters is 6. The molecule has 94 heavy (non-hydrogen) atoms. The second-order valence-electron chi connectivity index (χ2n) is 24.2. The van der Waals surface area contributed by atoms with Crippen molar-refractivity contribution in [1.29, 1.82) is 0 Å². The molecule has 0 N–H and O–H groups in total. The molecule has 1 aliphatic carbocycles. The maximum Gasteiger partial charge on any atom is 0.333 e. The summed E-state index contributed by atoms with van der Waals surface area (Å²) in [4.78, 5) is 75.5. The van der Waals surface area contributed by atoms with Crippen LogP contribution < -0.4 is 18.9 Å². The van der Waals surface area contributed by atoms with Crippen molar-refractivity contribution in [2.45, 2.75) is 196 Å². The van der Waals surface area contributed by atoms with Gasteiger partial charge in [0.1, 0.15) is 75.9 Å². The molecule has 0 amide bonds. The minimum atomic E-state index is -0.735. The zero-order valence-corrected chi connectivity index (χ0v) is 57.5. The Bertz CT molecular complexity index is 2990. The number of benzene rings is 4. The highest BCUT2D eigenvalue weighted by molar-refractivity contribution is 5.92. The van der Waals surface area contributed by atoms with Gasteiger partial charge in [0.05, 0.1) is 14.2 Å². The summed E-state index contributed by atoms with van der Waals surface area (Å²) in [5.41, 5.74) is 12.1. The van der Waals surface area contributed by atoms with Gasteiger partial charge in [-0.15, -0.1) is 0 Å². The van der Waals surface area contributed by atoms with Crippen molar-refractivity contribution >= 4 is 35.8 Å². The van der Waals surface area contributed by atoms with E-state index in [0.717, 1.165) is 219 Å². The zero-order chi connectivity index (χ0) is 68.0. The van der Waals surface area contributed by atoms with Gasteiger partial charge >= 0.3 is 35.8 Å². The maximum absolute atomic E-state index is 13.0. The first kappa shape index (κ1) is 76.6. The number of carbonyl (C=O) groups is 6. The van der Waals surface area contributed by atoms with Crippen LogP contribution in [0.2, 0.25) is 0 Å². The molecule has 0 heterocycles. The van der Waals surface area contributed by atoms with Crippen LogP contribution in [0.25, 0.3) is 0 Å². The molecule has 5 rings (SSSR count). The van der Waals surface area contributed by atoms with Crippen molar-refractivity contribution in [3.05, 3.63) is 164 Å². The number of ether oxygens (including phenoxy) is 10. The van der Waals surface area contributed by atoms with Crippen molar-refractivity contribution < 1.29 is 76.1 Å². The number of aryl methyl sites for hydroxylation is 4. The molecule has 0 saturated heterocycles. The molecule has 0 fully saturated rings. The first-order chi connectivity index (χ1) is 45.5. The molecule has 1 aliphatic rings. The minimum absolute atomic E-state index is 0.0328. The number of rotatable bonds is 42. The fourth-order valence-electron chi connectivity index (χ4n) is 11.4. The average Bonchev–Trinajstić information content (AvgIpc) is 0.784. The third-order valence-corrected chi connectivity index (χ3v) is 16.1. The molecular weight excluding hydrogens is 1190 g/mol. The number of hydrogen-bond acceptors (Lipinski definition) is 16. The van der Waals surface area contributed by atoms with Gasteiger partial charge in [0.15, 0.2) is 0 Å². The van der Waals surface area contributed by atoms with Crippen molar-refractivity contribution in [3.63, 3.8) is 0 Å². The van der Waals surface area contributed by atoms with E-state index in [1.165, 1.54) is 14.2 Å². The van der Waals surface area contributed by atoms with E-state index < -0.39 is 35.8 Å². The van der Waals surface area contributed by atoms with Crippen LogP contribution in [-0.2, 0) is 109 Å². The summed E-state index contributed by atoms with van der Waals surface area (Å²) < 4.78 is 59.9. The maximum atomic E-state index is 13.0. The van der Waals surface area contributed by atoms with Gasteiger partial charge in [0.25, 0.3) is 0 Å². The van der Waals surface area contributed by atoms with Crippen molar-refractivity contribution in [1.82, 2.24) is 0 Å². The van der Waals surface area contributed by atoms with E-state index >= 15 is 0 Å². The van der Waals surface area contributed by atoms with Crippen LogP contribution in [-0.4, -0.2) is 103 Å². The molecule has 16 heteroatoms. The predicted molar refractivity (Wildman–Crippen MR) is 366 cm³/mol. The fourth-order valence-corrected chi connectivity index (χ4v) is 11.4. The fraction of sp³-hybridized carbons (Fsp3) is 0.513. The Kier molecular flexibility index (Phi) is 35.0. The largest absolute Gasteiger partial charge is 0.489 e. The first-order valence-electron chi connectivity index (χ1n) is 34.1. The van der Waals surface area contributed by atoms with Crippen LogP contribution in [0.3, 0.4) is 0 Å². The molecule has 0 unspecified atom stereocenters. The lowest BCUT2D eigenvalue weighted by Gasteiger charge is -2.25.